The summed E-state index contributed by atoms with van der Waals surface area (Å²) in [5.41, 5.74) is 6.31. The smallest absolute Gasteiger partial charge is 0.240 e. The van der Waals surface area contributed by atoms with Gasteiger partial charge in [0.2, 0.25) is 10.0 Å². The van der Waals surface area contributed by atoms with Crippen LogP contribution in [-0.4, -0.2) is 19.9 Å². The molecule has 98 valence electrons. The van der Waals surface area contributed by atoms with Gasteiger partial charge in [-0.25, -0.2) is 18.1 Å². The molecular formula is C11H15N3O2S2. The van der Waals surface area contributed by atoms with Crippen molar-refractivity contribution in [2.75, 3.05) is 12.3 Å². The van der Waals surface area contributed by atoms with E-state index in [-0.39, 0.29) is 10.8 Å². The third-order valence-electron chi connectivity index (χ3n) is 2.37. The minimum atomic E-state index is -3.45. The highest BCUT2D eigenvalue weighted by atomic mass is 32.2. The van der Waals surface area contributed by atoms with Crippen molar-refractivity contribution in [1.82, 2.24) is 9.71 Å². The van der Waals surface area contributed by atoms with Crippen LogP contribution in [0.3, 0.4) is 0 Å². The molecule has 0 aliphatic carbocycles. The maximum Gasteiger partial charge on any atom is 0.240 e. The first kappa shape index (κ1) is 13.3. The van der Waals surface area contributed by atoms with Gasteiger partial charge in [0.15, 0.2) is 5.13 Å². The van der Waals surface area contributed by atoms with Gasteiger partial charge in [-0.3, -0.25) is 0 Å². The number of nitrogens with two attached hydrogens (primary N) is 1. The third-order valence-corrected chi connectivity index (χ3v) is 4.64. The van der Waals surface area contributed by atoms with Gasteiger partial charge in [0.05, 0.1) is 15.1 Å². The Morgan fingerprint density at radius 1 is 1.44 bits per heavy atom. The van der Waals surface area contributed by atoms with Gasteiger partial charge in [-0.15, -0.1) is 0 Å². The number of hydrogen-bond donors (Lipinski definition) is 2. The van der Waals surface area contributed by atoms with Gasteiger partial charge >= 0.3 is 0 Å². The predicted octanol–water partition coefficient (Wildman–Crippen LogP) is 1.81. The number of aromatic nitrogens is 1. The summed E-state index contributed by atoms with van der Waals surface area (Å²) in [5.74, 6) is 0.266. The van der Waals surface area contributed by atoms with E-state index in [4.69, 9.17) is 5.73 Å². The molecular weight excluding hydrogens is 270 g/mol. The van der Waals surface area contributed by atoms with Gasteiger partial charge in [-0.2, -0.15) is 0 Å². The zero-order valence-corrected chi connectivity index (χ0v) is 11.8. The largest absolute Gasteiger partial charge is 0.375 e. The molecule has 0 aliphatic heterocycles. The van der Waals surface area contributed by atoms with Crippen molar-refractivity contribution in [2.45, 2.75) is 18.7 Å². The topological polar surface area (TPSA) is 85.1 Å². The fourth-order valence-corrected chi connectivity index (χ4v) is 3.54. The van der Waals surface area contributed by atoms with Crippen LogP contribution >= 0.6 is 11.3 Å². The van der Waals surface area contributed by atoms with Gasteiger partial charge < -0.3 is 5.73 Å². The summed E-state index contributed by atoms with van der Waals surface area (Å²) < 4.78 is 27.4. The normalized spacial score (nSPS) is 12.4. The molecule has 0 radical (unpaired) electrons. The molecule has 0 aliphatic rings. The van der Waals surface area contributed by atoms with Gasteiger partial charge in [-0.05, 0) is 24.1 Å². The highest BCUT2D eigenvalue weighted by Gasteiger charge is 2.15. The number of nitrogens with one attached hydrogen (secondary N) is 1. The number of rotatable bonds is 4. The molecule has 0 saturated carbocycles. The number of nitrogens with zero attached hydrogens (tertiary/aromatic N) is 1. The molecule has 1 aromatic heterocycles. The maximum absolute atomic E-state index is 12.0. The summed E-state index contributed by atoms with van der Waals surface area (Å²) in [7, 11) is -3.45. The number of fused-ring (bicyclic) bond motifs is 1. The Bertz CT molecular complexity index is 662. The van der Waals surface area contributed by atoms with Crippen LogP contribution in [0.2, 0.25) is 0 Å². The molecule has 7 heteroatoms. The summed E-state index contributed by atoms with van der Waals surface area (Å²) in [6.07, 6.45) is 0. The number of anilines is 1. The van der Waals surface area contributed by atoms with Crippen molar-refractivity contribution in [1.29, 1.82) is 0 Å². The summed E-state index contributed by atoms with van der Waals surface area (Å²) in [6.45, 7) is 4.33. The molecule has 18 heavy (non-hydrogen) atoms. The maximum atomic E-state index is 12.0. The zero-order valence-electron chi connectivity index (χ0n) is 10.2. The molecule has 1 heterocycles. The minimum Gasteiger partial charge on any atom is -0.375 e. The SMILES string of the molecule is CC(C)CNS(=O)(=O)c1ccc2nc(N)sc2c1. The molecule has 1 aromatic carbocycles. The first-order valence-corrected chi connectivity index (χ1v) is 7.84. The molecule has 0 bridgehead atoms. The Hall–Kier alpha value is -1.18. The van der Waals surface area contributed by atoms with Crippen LogP contribution in [0.15, 0.2) is 23.1 Å². The van der Waals surface area contributed by atoms with Crippen LogP contribution in [0.25, 0.3) is 10.2 Å². The van der Waals surface area contributed by atoms with Crippen LogP contribution in [0, 0.1) is 5.92 Å². The predicted molar refractivity (Wildman–Crippen MR) is 74.1 cm³/mol. The molecule has 3 N–H and O–H groups in total. The Balaban J connectivity index is 2.35. The van der Waals surface area contributed by atoms with Crippen molar-refractivity contribution in [3.63, 3.8) is 0 Å². The third kappa shape index (κ3) is 2.80. The van der Waals surface area contributed by atoms with E-state index in [1.54, 1.807) is 18.2 Å². The van der Waals surface area contributed by atoms with E-state index in [2.05, 4.69) is 9.71 Å². The second-order valence-electron chi connectivity index (χ2n) is 4.43. The summed E-state index contributed by atoms with van der Waals surface area (Å²) >= 11 is 1.28. The Kier molecular flexibility index (Phi) is 3.56. The zero-order chi connectivity index (χ0) is 13.3. The molecule has 0 spiro atoms. The molecule has 0 unspecified atom stereocenters. The van der Waals surface area contributed by atoms with Gasteiger partial charge in [0.25, 0.3) is 0 Å². The second-order valence-corrected chi connectivity index (χ2v) is 7.26. The Labute approximate surface area is 110 Å². The van der Waals surface area contributed by atoms with E-state index >= 15 is 0 Å². The fraction of sp³-hybridized carbons (Fsp3) is 0.364. The van der Waals surface area contributed by atoms with Crippen molar-refractivity contribution in [3.05, 3.63) is 18.2 Å². The lowest BCUT2D eigenvalue weighted by molar-refractivity contribution is 0.560. The molecule has 0 saturated heterocycles. The lowest BCUT2D eigenvalue weighted by Crippen LogP contribution is -2.27. The molecule has 2 rings (SSSR count). The van der Waals surface area contributed by atoms with E-state index in [9.17, 15) is 8.42 Å². The number of sulfonamides is 1. The molecule has 0 amide bonds. The minimum absolute atomic E-state index is 0.249. The van der Waals surface area contributed by atoms with Crippen LogP contribution < -0.4 is 10.5 Å². The van der Waals surface area contributed by atoms with Crippen molar-refractivity contribution < 1.29 is 8.42 Å². The van der Waals surface area contributed by atoms with E-state index in [0.717, 1.165) is 10.2 Å². The van der Waals surface area contributed by atoms with Crippen LogP contribution in [0.4, 0.5) is 5.13 Å². The molecule has 5 nitrogen and oxygen atoms in total. The quantitative estimate of drug-likeness (QED) is 0.897. The monoisotopic (exact) mass is 285 g/mol. The molecule has 0 fully saturated rings. The molecule has 2 aromatic rings. The first-order valence-electron chi connectivity index (χ1n) is 5.54. The highest BCUT2D eigenvalue weighted by molar-refractivity contribution is 7.89. The van der Waals surface area contributed by atoms with E-state index in [0.29, 0.717) is 11.7 Å². The van der Waals surface area contributed by atoms with Gasteiger partial charge in [0, 0.05) is 6.54 Å². The molecule has 0 atom stereocenters. The summed E-state index contributed by atoms with van der Waals surface area (Å²) in [5, 5.41) is 0.440. The van der Waals surface area contributed by atoms with Gasteiger partial charge in [0.1, 0.15) is 0 Å². The summed E-state index contributed by atoms with van der Waals surface area (Å²) in [4.78, 5) is 4.34. The average Bonchev–Trinajstić information content (AvgIpc) is 2.65. The Morgan fingerprint density at radius 2 is 2.17 bits per heavy atom. The standard InChI is InChI=1S/C11H15N3O2S2/c1-7(2)6-13-18(15,16)8-3-4-9-10(5-8)17-11(12)14-9/h3-5,7,13H,6H2,1-2H3,(H2,12,14). The van der Waals surface area contributed by atoms with E-state index < -0.39 is 10.0 Å². The van der Waals surface area contributed by atoms with E-state index in [1.807, 2.05) is 13.8 Å². The Morgan fingerprint density at radius 3 is 2.83 bits per heavy atom. The van der Waals surface area contributed by atoms with Crippen LogP contribution in [-0.2, 0) is 10.0 Å². The highest BCUT2D eigenvalue weighted by Crippen LogP contribution is 2.26. The first-order chi connectivity index (χ1) is 8.38. The average molecular weight is 285 g/mol. The van der Waals surface area contributed by atoms with Crippen molar-refractivity contribution in [3.8, 4) is 0 Å². The number of thiazole rings is 1. The second kappa shape index (κ2) is 4.83. The van der Waals surface area contributed by atoms with E-state index in [1.165, 1.54) is 11.3 Å². The lowest BCUT2D eigenvalue weighted by Gasteiger charge is -2.08. The van der Waals surface area contributed by atoms with Crippen molar-refractivity contribution in [2.24, 2.45) is 5.92 Å². The van der Waals surface area contributed by atoms with Crippen LogP contribution in [0.1, 0.15) is 13.8 Å². The van der Waals surface area contributed by atoms with Gasteiger partial charge in [-0.1, -0.05) is 25.2 Å². The number of nitrogen functional groups attached to an aromatic ring is 1. The van der Waals surface area contributed by atoms with Crippen molar-refractivity contribution >= 4 is 36.7 Å². The lowest BCUT2D eigenvalue weighted by atomic mass is 10.2. The fourth-order valence-electron chi connectivity index (χ4n) is 1.45. The number of benzene rings is 1. The van der Waals surface area contributed by atoms with Crippen LogP contribution in [0.5, 0.6) is 0 Å². The number of hydrogen-bond acceptors (Lipinski definition) is 5. The summed E-state index contributed by atoms with van der Waals surface area (Å²) in [6, 6.07) is 4.82.